The molecule has 0 aliphatic heterocycles. The molecule has 0 spiro atoms. The normalized spacial score (nSPS) is 12.1. The van der Waals surface area contributed by atoms with Gasteiger partial charge in [0, 0.05) is 18.4 Å². The minimum absolute atomic E-state index is 0. The first-order chi connectivity index (χ1) is 18.1. The van der Waals surface area contributed by atoms with E-state index in [0.717, 1.165) is 13.1 Å². The monoisotopic (exact) mass is 561 g/mol. The quantitative estimate of drug-likeness (QED) is 0.0676. The van der Waals surface area contributed by atoms with Crippen LogP contribution >= 0.6 is 0 Å². The van der Waals surface area contributed by atoms with E-state index in [4.69, 9.17) is 0 Å². The SMILES string of the molecule is CCCCCCCCCCCCCCCN(CCCCCCCCCCCCCCC)C(C)CC(=O)[O-].[K+]. The fourth-order valence-corrected chi connectivity index (χ4v) is 5.59. The Morgan fingerprint density at radius 1 is 0.500 bits per heavy atom. The van der Waals surface area contributed by atoms with E-state index < -0.39 is 5.97 Å². The van der Waals surface area contributed by atoms with Gasteiger partial charge in [-0.2, -0.15) is 0 Å². The van der Waals surface area contributed by atoms with Crippen molar-refractivity contribution in [2.75, 3.05) is 13.1 Å². The van der Waals surface area contributed by atoms with Gasteiger partial charge in [-0.1, -0.05) is 168 Å². The molecule has 0 N–H and O–H groups in total. The summed E-state index contributed by atoms with van der Waals surface area (Å²) in [5.41, 5.74) is 0. The fraction of sp³-hybridized carbons (Fsp3) is 0.971. The van der Waals surface area contributed by atoms with Crippen molar-refractivity contribution in [3.05, 3.63) is 0 Å². The number of carboxylic acids is 1. The third-order valence-corrected chi connectivity index (χ3v) is 8.18. The van der Waals surface area contributed by atoms with E-state index in [9.17, 15) is 9.90 Å². The Bertz CT molecular complexity index is 430. The molecule has 0 amide bonds. The molecule has 1 atom stereocenters. The molecule has 0 saturated heterocycles. The number of carbonyl (C=O) groups is 1. The van der Waals surface area contributed by atoms with Crippen molar-refractivity contribution in [3.63, 3.8) is 0 Å². The van der Waals surface area contributed by atoms with Crippen LogP contribution in [0.4, 0.5) is 0 Å². The molecular weight excluding hydrogens is 493 g/mol. The summed E-state index contributed by atoms with van der Waals surface area (Å²) in [6.45, 7) is 8.73. The second kappa shape index (κ2) is 34.3. The number of aliphatic carboxylic acids is 1. The number of hydrogen-bond acceptors (Lipinski definition) is 3. The number of unbranched alkanes of at least 4 members (excludes halogenated alkanes) is 24. The van der Waals surface area contributed by atoms with Crippen LogP contribution in [0, 0.1) is 0 Å². The van der Waals surface area contributed by atoms with Gasteiger partial charge in [0.2, 0.25) is 0 Å². The fourth-order valence-electron chi connectivity index (χ4n) is 5.59. The van der Waals surface area contributed by atoms with Crippen molar-refractivity contribution in [2.24, 2.45) is 0 Å². The summed E-state index contributed by atoms with van der Waals surface area (Å²) in [5.74, 6) is -0.909. The first-order valence-electron chi connectivity index (χ1n) is 17.1. The Balaban J connectivity index is 0. The standard InChI is InChI=1S/C34H69NO2.K/c1-4-6-8-10-12-14-16-18-20-22-24-26-28-30-35(33(3)32-34(36)37)31-29-27-25-23-21-19-17-15-13-11-9-7-5-2;/h33H,4-32H2,1-3H3,(H,36,37);/q;+1/p-1. The molecule has 0 saturated carbocycles. The molecule has 0 rings (SSSR count). The van der Waals surface area contributed by atoms with Crippen molar-refractivity contribution < 1.29 is 61.3 Å². The largest absolute Gasteiger partial charge is 1.00 e. The zero-order chi connectivity index (χ0) is 27.2. The van der Waals surface area contributed by atoms with Gasteiger partial charge >= 0.3 is 51.4 Å². The molecule has 38 heavy (non-hydrogen) atoms. The molecular formula is C34H68KNO2. The number of hydrogen-bond donors (Lipinski definition) is 0. The zero-order valence-electron chi connectivity index (χ0n) is 26.8. The molecule has 0 bridgehead atoms. The molecule has 0 fully saturated rings. The van der Waals surface area contributed by atoms with Crippen molar-refractivity contribution in [1.29, 1.82) is 0 Å². The van der Waals surface area contributed by atoms with Crippen LogP contribution in [0.5, 0.6) is 0 Å². The predicted octanol–water partition coefficient (Wildman–Crippen LogP) is 7.00. The van der Waals surface area contributed by atoms with Crippen LogP contribution in [0.2, 0.25) is 0 Å². The summed E-state index contributed by atoms with van der Waals surface area (Å²) in [5, 5.41) is 11.2. The first kappa shape index (κ1) is 41.2. The Hall–Kier alpha value is 1.07. The molecule has 0 aromatic heterocycles. The summed E-state index contributed by atoms with van der Waals surface area (Å²) in [4.78, 5) is 13.6. The van der Waals surface area contributed by atoms with Crippen LogP contribution < -0.4 is 56.5 Å². The van der Waals surface area contributed by atoms with Gasteiger partial charge in [-0.05, 0) is 32.9 Å². The van der Waals surface area contributed by atoms with Crippen molar-refractivity contribution in [1.82, 2.24) is 4.90 Å². The van der Waals surface area contributed by atoms with Crippen LogP contribution in [0.1, 0.15) is 194 Å². The molecule has 1 unspecified atom stereocenters. The molecule has 0 aromatic rings. The van der Waals surface area contributed by atoms with Gasteiger partial charge in [0.1, 0.15) is 0 Å². The zero-order valence-corrected chi connectivity index (χ0v) is 30.0. The summed E-state index contributed by atoms with van der Waals surface area (Å²) >= 11 is 0. The van der Waals surface area contributed by atoms with Crippen molar-refractivity contribution >= 4 is 5.97 Å². The maximum absolute atomic E-state index is 11.2. The maximum atomic E-state index is 11.2. The number of carboxylic acid groups (broad SMARTS) is 1. The molecule has 4 heteroatoms. The Morgan fingerprint density at radius 3 is 0.974 bits per heavy atom. The van der Waals surface area contributed by atoms with E-state index in [1.54, 1.807) is 0 Å². The molecule has 0 radical (unpaired) electrons. The Labute approximate surface area is 282 Å². The predicted molar refractivity (Wildman–Crippen MR) is 162 cm³/mol. The molecule has 0 aliphatic rings. The minimum atomic E-state index is -0.909. The first-order valence-corrected chi connectivity index (χ1v) is 17.1. The van der Waals surface area contributed by atoms with E-state index in [-0.39, 0.29) is 63.8 Å². The maximum Gasteiger partial charge on any atom is 1.00 e. The van der Waals surface area contributed by atoms with E-state index >= 15 is 0 Å². The summed E-state index contributed by atoms with van der Waals surface area (Å²) < 4.78 is 0. The number of rotatable bonds is 31. The molecule has 0 aromatic carbocycles. The van der Waals surface area contributed by atoms with Gasteiger partial charge in [0.05, 0.1) is 0 Å². The van der Waals surface area contributed by atoms with Gasteiger partial charge in [-0.15, -0.1) is 0 Å². The molecule has 3 nitrogen and oxygen atoms in total. The molecule has 0 heterocycles. The van der Waals surface area contributed by atoms with Crippen LogP contribution in [0.3, 0.4) is 0 Å². The Kier molecular flexibility index (Phi) is 37.2. The molecule has 222 valence electrons. The van der Waals surface area contributed by atoms with Crippen LogP contribution in [0.15, 0.2) is 0 Å². The third-order valence-electron chi connectivity index (χ3n) is 8.18. The third kappa shape index (κ3) is 31.6. The van der Waals surface area contributed by atoms with E-state index in [1.807, 2.05) is 0 Å². The van der Waals surface area contributed by atoms with E-state index in [1.165, 1.54) is 167 Å². The van der Waals surface area contributed by atoms with Crippen molar-refractivity contribution in [3.8, 4) is 0 Å². The van der Waals surface area contributed by atoms with Crippen LogP contribution in [-0.4, -0.2) is 30.0 Å². The van der Waals surface area contributed by atoms with Crippen molar-refractivity contribution in [2.45, 2.75) is 200 Å². The Morgan fingerprint density at radius 2 is 0.737 bits per heavy atom. The van der Waals surface area contributed by atoms with E-state index in [2.05, 4.69) is 25.7 Å². The summed E-state index contributed by atoms with van der Waals surface area (Å²) in [7, 11) is 0. The summed E-state index contributed by atoms with van der Waals surface area (Å²) in [6, 6.07) is 0.0969. The van der Waals surface area contributed by atoms with Crippen LogP contribution in [0.25, 0.3) is 0 Å². The smallest absolute Gasteiger partial charge is 0.550 e. The second-order valence-corrected chi connectivity index (χ2v) is 11.9. The minimum Gasteiger partial charge on any atom is -0.550 e. The van der Waals surface area contributed by atoms with Gasteiger partial charge < -0.3 is 14.8 Å². The van der Waals surface area contributed by atoms with Gasteiger partial charge in [-0.3, -0.25) is 0 Å². The van der Waals surface area contributed by atoms with Gasteiger partial charge in [-0.25, -0.2) is 0 Å². The second-order valence-electron chi connectivity index (χ2n) is 11.9. The van der Waals surface area contributed by atoms with Crippen LogP contribution in [-0.2, 0) is 4.79 Å². The average Bonchev–Trinajstić information content (AvgIpc) is 2.87. The van der Waals surface area contributed by atoms with Gasteiger partial charge in [0.25, 0.3) is 0 Å². The van der Waals surface area contributed by atoms with E-state index in [0.29, 0.717) is 0 Å². The number of nitrogens with zero attached hydrogens (tertiary/aromatic N) is 1. The topological polar surface area (TPSA) is 43.4 Å². The number of carbonyl (C=O) groups excluding carboxylic acids is 1. The van der Waals surface area contributed by atoms with Gasteiger partial charge in [0.15, 0.2) is 0 Å². The average molecular weight is 562 g/mol. The molecule has 0 aliphatic carbocycles. The summed E-state index contributed by atoms with van der Waals surface area (Å²) in [6.07, 6.45) is 35.9.